The normalized spacial score (nSPS) is 10.9. The number of para-hydroxylation sites is 1. The topological polar surface area (TPSA) is 74.3 Å². The summed E-state index contributed by atoms with van der Waals surface area (Å²) in [6, 6.07) is 6.72. The van der Waals surface area contributed by atoms with Gasteiger partial charge in [0, 0.05) is 23.8 Å². The molecular weight excluding hydrogens is 256 g/mol. The number of primary amides is 1. The van der Waals surface area contributed by atoms with Crippen molar-refractivity contribution in [2.24, 2.45) is 5.73 Å². The zero-order chi connectivity index (χ0) is 14.7. The third-order valence-corrected chi connectivity index (χ3v) is 3.23. The first kappa shape index (κ1) is 14.3. The van der Waals surface area contributed by atoms with Gasteiger partial charge in [0.05, 0.1) is 5.52 Å². The van der Waals surface area contributed by atoms with Gasteiger partial charge >= 0.3 is 6.03 Å². The van der Waals surface area contributed by atoms with Crippen molar-refractivity contribution in [1.82, 2.24) is 4.57 Å². The van der Waals surface area contributed by atoms with Crippen molar-refractivity contribution in [2.75, 3.05) is 13.7 Å². The lowest BCUT2D eigenvalue weighted by atomic mass is 10.0. The highest BCUT2D eigenvalue weighted by Gasteiger charge is 2.23. The van der Waals surface area contributed by atoms with Crippen molar-refractivity contribution >= 4 is 22.7 Å². The number of ether oxygens (including phenoxy) is 1. The Hall–Kier alpha value is -2.14. The van der Waals surface area contributed by atoms with Gasteiger partial charge in [-0.3, -0.25) is 9.36 Å². The minimum atomic E-state index is -0.568. The average molecular weight is 274 g/mol. The third-order valence-electron chi connectivity index (χ3n) is 3.23. The van der Waals surface area contributed by atoms with Crippen molar-refractivity contribution in [3.63, 3.8) is 0 Å². The molecule has 1 aromatic heterocycles. The number of carbonyl (C=O) groups is 2. The maximum Gasteiger partial charge on any atom is 0.323 e. The lowest BCUT2D eigenvalue weighted by Crippen LogP contribution is -2.22. The fourth-order valence-corrected chi connectivity index (χ4v) is 2.53. The smallest absolute Gasteiger partial charge is 0.323 e. The molecule has 0 spiro atoms. The third kappa shape index (κ3) is 2.32. The van der Waals surface area contributed by atoms with Gasteiger partial charge in [0.2, 0.25) is 0 Å². The molecule has 0 unspecified atom stereocenters. The molecule has 2 rings (SSSR count). The van der Waals surface area contributed by atoms with E-state index < -0.39 is 6.03 Å². The van der Waals surface area contributed by atoms with E-state index in [1.807, 2.05) is 25.1 Å². The average Bonchev–Trinajstić information content (AvgIpc) is 2.73. The molecular formula is C15H18N2O3. The Labute approximate surface area is 117 Å². The van der Waals surface area contributed by atoms with E-state index in [2.05, 4.69) is 0 Å². The first-order valence-electron chi connectivity index (χ1n) is 6.56. The second kappa shape index (κ2) is 5.88. The highest BCUT2D eigenvalue weighted by Crippen LogP contribution is 2.27. The molecule has 0 saturated heterocycles. The second-order valence-corrected chi connectivity index (χ2v) is 4.62. The SMILES string of the molecule is CCCc1c(C(=O)COC)c2ccccc2n1C(N)=O. The van der Waals surface area contributed by atoms with Crippen LogP contribution in [-0.4, -0.2) is 30.1 Å². The van der Waals surface area contributed by atoms with E-state index in [-0.39, 0.29) is 12.4 Å². The van der Waals surface area contributed by atoms with Crippen LogP contribution in [0.3, 0.4) is 0 Å². The van der Waals surface area contributed by atoms with Crippen molar-refractivity contribution in [2.45, 2.75) is 19.8 Å². The first-order chi connectivity index (χ1) is 9.61. The number of nitrogens with zero attached hydrogens (tertiary/aromatic N) is 1. The first-order valence-corrected chi connectivity index (χ1v) is 6.56. The number of rotatable bonds is 5. The fourth-order valence-electron chi connectivity index (χ4n) is 2.53. The Morgan fingerprint density at radius 1 is 1.30 bits per heavy atom. The van der Waals surface area contributed by atoms with Gasteiger partial charge in [-0.1, -0.05) is 31.5 Å². The molecule has 1 heterocycles. The van der Waals surface area contributed by atoms with Crippen LogP contribution < -0.4 is 5.73 Å². The standard InChI is InChI=1S/C15H18N2O3/c1-3-6-12-14(13(18)9-20-2)10-7-4-5-8-11(10)17(12)15(16)19/h4-5,7-8H,3,6,9H2,1-2H3,(H2,16,19). The number of nitrogens with two attached hydrogens (primary N) is 1. The van der Waals surface area contributed by atoms with E-state index >= 15 is 0 Å². The second-order valence-electron chi connectivity index (χ2n) is 4.62. The summed E-state index contributed by atoms with van der Waals surface area (Å²) in [5, 5.41) is 0.747. The molecule has 20 heavy (non-hydrogen) atoms. The van der Waals surface area contributed by atoms with Crippen LogP contribution in [0.25, 0.3) is 10.9 Å². The Kier molecular flexibility index (Phi) is 4.20. The number of hydrogen-bond donors (Lipinski definition) is 1. The summed E-state index contributed by atoms with van der Waals surface area (Å²) >= 11 is 0. The molecule has 5 nitrogen and oxygen atoms in total. The number of benzene rings is 1. The monoisotopic (exact) mass is 274 g/mol. The zero-order valence-corrected chi connectivity index (χ0v) is 11.7. The van der Waals surface area contributed by atoms with E-state index in [0.717, 1.165) is 11.8 Å². The highest BCUT2D eigenvalue weighted by atomic mass is 16.5. The lowest BCUT2D eigenvalue weighted by Gasteiger charge is -2.07. The molecule has 0 fully saturated rings. The maximum atomic E-state index is 12.3. The van der Waals surface area contributed by atoms with Gasteiger partial charge in [-0.15, -0.1) is 0 Å². The van der Waals surface area contributed by atoms with Gasteiger partial charge in [-0.25, -0.2) is 4.79 Å². The van der Waals surface area contributed by atoms with Gasteiger partial charge in [0.25, 0.3) is 0 Å². The van der Waals surface area contributed by atoms with E-state index in [1.165, 1.54) is 11.7 Å². The van der Waals surface area contributed by atoms with Crippen molar-refractivity contribution in [1.29, 1.82) is 0 Å². The molecule has 0 aliphatic rings. The summed E-state index contributed by atoms with van der Waals surface area (Å²) in [7, 11) is 1.48. The van der Waals surface area contributed by atoms with Gasteiger partial charge < -0.3 is 10.5 Å². The molecule has 0 aliphatic carbocycles. The Bertz CT molecular complexity index is 658. The zero-order valence-electron chi connectivity index (χ0n) is 11.7. The number of fused-ring (bicyclic) bond motifs is 1. The number of methoxy groups -OCH3 is 1. The summed E-state index contributed by atoms with van der Waals surface area (Å²) in [6.07, 6.45) is 1.43. The highest BCUT2D eigenvalue weighted by molar-refractivity contribution is 6.12. The van der Waals surface area contributed by atoms with Crippen LogP contribution in [-0.2, 0) is 11.2 Å². The quantitative estimate of drug-likeness (QED) is 0.850. The van der Waals surface area contributed by atoms with Crippen LogP contribution in [0.2, 0.25) is 0 Å². The van der Waals surface area contributed by atoms with E-state index in [1.54, 1.807) is 6.07 Å². The molecule has 5 heteroatoms. The van der Waals surface area contributed by atoms with Crippen LogP contribution in [0.4, 0.5) is 4.79 Å². The van der Waals surface area contributed by atoms with Crippen molar-refractivity contribution < 1.29 is 14.3 Å². The Morgan fingerprint density at radius 3 is 2.60 bits per heavy atom. The summed E-state index contributed by atoms with van der Waals surface area (Å²) in [4.78, 5) is 24.0. The number of carbonyl (C=O) groups excluding carboxylic acids is 2. The van der Waals surface area contributed by atoms with Crippen LogP contribution in [0.15, 0.2) is 24.3 Å². The number of ketones is 1. The summed E-state index contributed by atoms with van der Waals surface area (Å²) < 4.78 is 6.37. The molecule has 1 amide bonds. The summed E-state index contributed by atoms with van der Waals surface area (Å²) in [6.45, 7) is 1.98. The predicted molar refractivity (Wildman–Crippen MR) is 77.1 cm³/mol. The van der Waals surface area contributed by atoms with Crippen LogP contribution in [0.5, 0.6) is 0 Å². The molecule has 0 atom stereocenters. The minimum Gasteiger partial charge on any atom is -0.377 e. The molecule has 0 aliphatic heterocycles. The predicted octanol–water partition coefficient (Wildman–Crippen LogP) is 2.35. The largest absolute Gasteiger partial charge is 0.377 e. The van der Waals surface area contributed by atoms with Crippen LogP contribution >= 0.6 is 0 Å². The minimum absolute atomic E-state index is 0.0104. The van der Waals surface area contributed by atoms with Gasteiger partial charge in [-0.05, 0) is 12.5 Å². The molecule has 106 valence electrons. The fraction of sp³-hybridized carbons (Fsp3) is 0.333. The summed E-state index contributed by atoms with van der Waals surface area (Å²) in [5.41, 5.74) is 7.36. The van der Waals surface area contributed by atoms with Crippen LogP contribution in [0, 0.1) is 0 Å². The van der Waals surface area contributed by atoms with Crippen molar-refractivity contribution in [3.8, 4) is 0 Å². The van der Waals surface area contributed by atoms with Gasteiger partial charge in [0.1, 0.15) is 6.61 Å². The molecule has 1 aromatic carbocycles. The molecule has 0 saturated carbocycles. The maximum absolute atomic E-state index is 12.3. The van der Waals surface area contributed by atoms with Gasteiger partial charge in [0.15, 0.2) is 5.78 Å². The number of aromatic nitrogens is 1. The van der Waals surface area contributed by atoms with Gasteiger partial charge in [-0.2, -0.15) is 0 Å². The van der Waals surface area contributed by atoms with Crippen molar-refractivity contribution in [3.05, 3.63) is 35.5 Å². The van der Waals surface area contributed by atoms with E-state index in [0.29, 0.717) is 23.2 Å². The molecule has 2 aromatic rings. The number of amides is 1. The Balaban J connectivity index is 2.79. The molecule has 2 N–H and O–H groups in total. The Morgan fingerprint density at radius 2 is 2.00 bits per heavy atom. The van der Waals surface area contributed by atoms with E-state index in [9.17, 15) is 9.59 Å². The molecule has 0 radical (unpaired) electrons. The summed E-state index contributed by atoms with van der Waals surface area (Å²) in [5.74, 6) is -0.132. The number of hydrogen-bond acceptors (Lipinski definition) is 3. The lowest BCUT2D eigenvalue weighted by molar-refractivity contribution is 0.0848. The van der Waals surface area contributed by atoms with E-state index in [4.69, 9.17) is 10.5 Å². The number of Topliss-reactive ketones (excluding diaryl/α,β-unsaturated/α-hetero) is 1. The van der Waals surface area contributed by atoms with Crippen LogP contribution in [0.1, 0.15) is 29.4 Å². The molecule has 0 bridgehead atoms.